The molecule has 0 saturated carbocycles. The fourth-order valence-corrected chi connectivity index (χ4v) is 3.21. The molecule has 0 saturated heterocycles. The Morgan fingerprint density at radius 3 is 2.52 bits per heavy atom. The summed E-state index contributed by atoms with van der Waals surface area (Å²) in [6.07, 6.45) is 2.56. The molecule has 0 spiro atoms. The number of amides is 1. The summed E-state index contributed by atoms with van der Waals surface area (Å²) in [6.45, 7) is 2.15. The number of aryl methyl sites for hydroxylation is 1. The number of rotatable bonds is 7. The Balaban J connectivity index is 1.68. The van der Waals surface area contributed by atoms with Crippen molar-refractivity contribution in [2.75, 3.05) is 11.1 Å². The lowest BCUT2D eigenvalue weighted by Gasteiger charge is -2.09. The molecular formula is C24H24F3N3O. The molecule has 2 aromatic carbocycles. The van der Waals surface area contributed by atoms with E-state index in [4.69, 9.17) is 5.73 Å². The molecule has 0 atom stereocenters. The van der Waals surface area contributed by atoms with Crippen LogP contribution >= 0.6 is 0 Å². The Kier molecular flexibility index (Phi) is 6.95. The van der Waals surface area contributed by atoms with Crippen LogP contribution in [0.25, 0.3) is 17.0 Å². The molecule has 1 heterocycles. The van der Waals surface area contributed by atoms with Gasteiger partial charge in [-0.15, -0.1) is 0 Å². The Morgan fingerprint density at radius 2 is 1.84 bits per heavy atom. The van der Waals surface area contributed by atoms with Gasteiger partial charge in [0.15, 0.2) is 0 Å². The number of hydrogen-bond acceptors (Lipinski definition) is 3. The topological polar surface area (TPSA) is 68.0 Å². The van der Waals surface area contributed by atoms with E-state index in [1.165, 1.54) is 24.3 Å². The zero-order valence-corrected chi connectivity index (χ0v) is 17.2. The second-order valence-corrected chi connectivity index (χ2v) is 7.33. The molecular weight excluding hydrogens is 403 g/mol. The lowest BCUT2D eigenvalue weighted by Crippen LogP contribution is -2.08. The van der Waals surface area contributed by atoms with Gasteiger partial charge in [-0.3, -0.25) is 9.78 Å². The van der Waals surface area contributed by atoms with Crippen LogP contribution in [0.3, 0.4) is 0 Å². The normalized spacial score (nSPS) is 11.9. The van der Waals surface area contributed by atoms with Gasteiger partial charge in [-0.2, -0.15) is 13.2 Å². The van der Waals surface area contributed by atoms with Crippen molar-refractivity contribution in [3.63, 3.8) is 0 Å². The van der Waals surface area contributed by atoms with Crippen molar-refractivity contribution in [1.82, 2.24) is 4.98 Å². The Labute approximate surface area is 179 Å². The van der Waals surface area contributed by atoms with Crippen LogP contribution in [-0.2, 0) is 17.4 Å². The second-order valence-electron chi connectivity index (χ2n) is 7.33. The molecule has 0 aliphatic heterocycles. The smallest absolute Gasteiger partial charge is 0.398 e. The lowest BCUT2D eigenvalue weighted by atomic mass is 10.1. The van der Waals surface area contributed by atoms with E-state index in [0.717, 1.165) is 54.4 Å². The maximum Gasteiger partial charge on any atom is 0.416 e. The van der Waals surface area contributed by atoms with Crippen LogP contribution in [0.1, 0.15) is 43.0 Å². The number of nitrogens with two attached hydrogens (primary N) is 1. The predicted molar refractivity (Wildman–Crippen MR) is 118 cm³/mol. The number of nitrogens with zero attached hydrogens (tertiary/aromatic N) is 1. The predicted octanol–water partition coefficient (Wildman–Crippen LogP) is 6.22. The monoisotopic (exact) mass is 427 g/mol. The van der Waals surface area contributed by atoms with Crippen molar-refractivity contribution < 1.29 is 18.0 Å². The minimum absolute atomic E-state index is 0.401. The van der Waals surface area contributed by atoms with Crippen LogP contribution in [0.5, 0.6) is 0 Å². The first-order valence-electron chi connectivity index (χ1n) is 10.1. The zero-order chi connectivity index (χ0) is 22.4. The highest BCUT2D eigenvalue weighted by Gasteiger charge is 2.29. The molecule has 0 bridgehead atoms. The fourth-order valence-electron chi connectivity index (χ4n) is 3.21. The van der Waals surface area contributed by atoms with E-state index in [1.54, 1.807) is 12.1 Å². The van der Waals surface area contributed by atoms with Crippen molar-refractivity contribution in [3.05, 3.63) is 71.4 Å². The summed E-state index contributed by atoms with van der Waals surface area (Å²) in [5, 5.41) is 3.49. The van der Waals surface area contributed by atoms with Crippen LogP contribution in [0.2, 0.25) is 0 Å². The summed E-state index contributed by atoms with van der Waals surface area (Å²) in [6, 6.07) is 11.8. The number of halogens is 3. The van der Waals surface area contributed by atoms with Gasteiger partial charge in [0, 0.05) is 28.5 Å². The first-order chi connectivity index (χ1) is 14.8. The first-order valence-corrected chi connectivity index (χ1v) is 10.1. The summed E-state index contributed by atoms with van der Waals surface area (Å²) in [5.74, 6) is -0.401. The maximum absolute atomic E-state index is 12.6. The number of aromatic nitrogens is 1. The highest BCUT2D eigenvalue weighted by atomic mass is 19.4. The zero-order valence-electron chi connectivity index (χ0n) is 17.2. The standard InChI is InChI=1S/C24H24F3N3O/c1-2-3-4-5-18-15-21(28)20-14-19(11-12-22(20)29-18)30-23(31)13-8-16-6-9-17(10-7-16)24(25,26)27/h6-15H,2-5H2,1H3,(H2,28,29)(H,30,31). The first kappa shape index (κ1) is 22.3. The minimum Gasteiger partial charge on any atom is -0.398 e. The molecule has 0 aliphatic rings. The number of anilines is 2. The molecule has 3 N–H and O–H groups in total. The van der Waals surface area contributed by atoms with Crippen LogP contribution < -0.4 is 11.1 Å². The molecule has 31 heavy (non-hydrogen) atoms. The van der Waals surface area contributed by atoms with Crippen LogP contribution in [0.15, 0.2) is 54.6 Å². The van der Waals surface area contributed by atoms with Crippen LogP contribution in [-0.4, -0.2) is 10.9 Å². The molecule has 7 heteroatoms. The van der Waals surface area contributed by atoms with Crippen molar-refractivity contribution in [2.45, 2.75) is 38.8 Å². The van der Waals surface area contributed by atoms with Gasteiger partial charge in [0.2, 0.25) is 5.91 Å². The maximum atomic E-state index is 12.6. The van der Waals surface area contributed by atoms with Gasteiger partial charge in [0.1, 0.15) is 0 Å². The molecule has 1 amide bonds. The van der Waals surface area contributed by atoms with Gasteiger partial charge in [-0.1, -0.05) is 31.9 Å². The van der Waals surface area contributed by atoms with Gasteiger partial charge in [-0.25, -0.2) is 0 Å². The highest BCUT2D eigenvalue weighted by molar-refractivity contribution is 6.03. The quantitative estimate of drug-likeness (QED) is 0.347. The molecule has 0 aliphatic carbocycles. The van der Waals surface area contributed by atoms with Gasteiger partial charge in [-0.05, 0) is 60.9 Å². The van der Waals surface area contributed by atoms with E-state index in [-0.39, 0.29) is 0 Å². The fraction of sp³-hybridized carbons (Fsp3) is 0.250. The minimum atomic E-state index is -4.39. The van der Waals surface area contributed by atoms with Crippen molar-refractivity contribution >= 4 is 34.3 Å². The largest absolute Gasteiger partial charge is 0.416 e. The molecule has 4 nitrogen and oxygen atoms in total. The molecule has 0 radical (unpaired) electrons. The number of nitrogens with one attached hydrogen (secondary N) is 1. The summed E-state index contributed by atoms with van der Waals surface area (Å²) >= 11 is 0. The number of benzene rings is 2. The molecule has 0 unspecified atom stereocenters. The Hall–Kier alpha value is -3.35. The van der Waals surface area contributed by atoms with Crippen LogP contribution in [0, 0.1) is 0 Å². The van der Waals surface area contributed by atoms with E-state index < -0.39 is 17.6 Å². The van der Waals surface area contributed by atoms with E-state index in [2.05, 4.69) is 17.2 Å². The van der Waals surface area contributed by atoms with Gasteiger partial charge < -0.3 is 11.1 Å². The third-order valence-electron chi connectivity index (χ3n) is 4.86. The second kappa shape index (κ2) is 9.64. The van der Waals surface area contributed by atoms with Gasteiger partial charge in [0.25, 0.3) is 0 Å². The number of fused-ring (bicyclic) bond motifs is 1. The average molecular weight is 427 g/mol. The van der Waals surface area contributed by atoms with Crippen molar-refractivity contribution in [3.8, 4) is 0 Å². The Bertz CT molecular complexity index is 1090. The van der Waals surface area contributed by atoms with Gasteiger partial charge >= 0.3 is 6.18 Å². The molecule has 1 aromatic heterocycles. The molecule has 0 fully saturated rings. The summed E-state index contributed by atoms with van der Waals surface area (Å²) in [4.78, 5) is 16.9. The van der Waals surface area contributed by atoms with Gasteiger partial charge in [0.05, 0.1) is 11.1 Å². The van der Waals surface area contributed by atoms with Crippen molar-refractivity contribution in [1.29, 1.82) is 0 Å². The third-order valence-corrected chi connectivity index (χ3v) is 4.86. The third kappa shape index (κ3) is 6.07. The highest BCUT2D eigenvalue weighted by Crippen LogP contribution is 2.29. The number of alkyl halides is 3. The van der Waals surface area contributed by atoms with Crippen molar-refractivity contribution in [2.24, 2.45) is 0 Å². The number of pyridine rings is 1. The summed E-state index contributed by atoms with van der Waals surface area (Å²) < 4.78 is 37.8. The van der Waals surface area contributed by atoms with E-state index >= 15 is 0 Å². The summed E-state index contributed by atoms with van der Waals surface area (Å²) in [7, 11) is 0. The number of nitrogen functional groups attached to an aromatic ring is 1. The molecule has 3 rings (SSSR count). The Morgan fingerprint density at radius 1 is 1.10 bits per heavy atom. The number of unbranched alkanes of at least 4 members (excludes halogenated alkanes) is 2. The van der Waals surface area contributed by atoms with E-state index in [1.807, 2.05) is 12.1 Å². The molecule has 3 aromatic rings. The average Bonchev–Trinajstić information content (AvgIpc) is 2.73. The number of carbonyl (C=O) groups excluding carboxylic acids is 1. The SMILES string of the molecule is CCCCCc1cc(N)c2cc(NC(=O)C=Cc3ccc(C(F)(F)F)cc3)ccc2n1. The number of carbonyl (C=O) groups is 1. The summed E-state index contributed by atoms with van der Waals surface area (Å²) in [5.41, 5.74) is 8.84. The lowest BCUT2D eigenvalue weighted by molar-refractivity contribution is -0.137. The number of hydrogen-bond donors (Lipinski definition) is 2. The van der Waals surface area contributed by atoms with E-state index in [0.29, 0.717) is 16.9 Å². The van der Waals surface area contributed by atoms with Crippen LogP contribution in [0.4, 0.5) is 24.5 Å². The van der Waals surface area contributed by atoms with E-state index in [9.17, 15) is 18.0 Å². The molecule has 162 valence electrons.